The first-order valence-electron chi connectivity index (χ1n) is 10.1. The molecule has 0 N–H and O–H groups in total. The Balaban J connectivity index is 0.00000289. The third kappa shape index (κ3) is 6.41. The molecular weight excluding hydrogens is 466 g/mol. The molecule has 0 amide bonds. The average Bonchev–Trinajstić information content (AvgIpc) is 3.37. The molecule has 0 aliphatic rings. The average molecular weight is 492 g/mol. The number of likely N-dealkylation sites (N-methyl/N-ethyl adjacent to an activating group) is 1. The smallest absolute Gasteiger partial charge is 0.254 e. The Hall–Kier alpha value is -2.21. The van der Waals surface area contributed by atoms with Gasteiger partial charge in [0, 0.05) is 18.0 Å². The maximum Gasteiger partial charge on any atom is 0.254 e. The summed E-state index contributed by atoms with van der Waals surface area (Å²) in [6, 6.07) is 12.5. The normalized spacial score (nSPS) is 11.2. The van der Waals surface area contributed by atoms with E-state index in [1.807, 2.05) is 37.8 Å². The van der Waals surface area contributed by atoms with Gasteiger partial charge in [-0.2, -0.15) is 9.50 Å². The number of fused-ring (bicyclic) bond motifs is 1. The molecule has 0 fully saturated rings. The van der Waals surface area contributed by atoms with E-state index in [1.54, 1.807) is 16.3 Å². The Morgan fingerprint density at radius 3 is 2.69 bits per heavy atom. The van der Waals surface area contributed by atoms with Crippen LogP contribution in [0.5, 0.6) is 0 Å². The molecule has 4 rings (SSSR count). The molecule has 0 radical (unpaired) electrons. The van der Waals surface area contributed by atoms with Crippen LogP contribution >= 0.6 is 35.9 Å². The van der Waals surface area contributed by atoms with Crippen LogP contribution in [-0.4, -0.2) is 71.1 Å². The van der Waals surface area contributed by atoms with Gasteiger partial charge in [-0.1, -0.05) is 42.1 Å². The van der Waals surface area contributed by atoms with Gasteiger partial charge in [-0.15, -0.1) is 22.6 Å². The lowest BCUT2D eigenvalue weighted by molar-refractivity contribution is 0.361. The summed E-state index contributed by atoms with van der Waals surface area (Å²) in [6.07, 6.45) is 2.12. The fraction of sp³-hybridized carbons (Fsp3) is 0.400. The summed E-state index contributed by atoms with van der Waals surface area (Å²) < 4.78 is 3.59. The number of nitrogens with zero attached hydrogens (tertiary/aromatic N) is 9. The van der Waals surface area contributed by atoms with Gasteiger partial charge >= 0.3 is 0 Å². The predicted molar refractivity (Wildman–Crippen MR) is 129 cm³/mol. The summed E-state index contributed by atoms with van der Waals surface area (Å²) in [5.74, 6) is 1.55. The second-order valence-corrected chi connectivity index (χ2v) is 9.42. The van der Waals surface area contributed by atoms with Gasteiger partial charge in [-0.05, 0) is 67.7 Å². The van der Waals surface area contributed by atoms with Crippen molar-refractivity contribution in [2.24, 2.45) is 0 Å². The van der Waals surface area contributed by atoms with E-state index in [4.69, 9.17) is 0 Å². The molecule has 32 heavy (non-hydrogen) atoms. The fourth-order valence-electron chi connectivity index (χ4n) is 2.95. The van der Waals surface area contributed by atoms with E-state index < -0.39 is 0 Å². The lowest BCUT2D eigenvalue weighted by Gasteiger charge is -2.10. The zero-order chi connectivity index (χ0) is 21.6. The Morgan fingerprint density at radius 1 is 1.09 bits per heavy atom. The van der Waals surface area contributed by atoms with E-state index >= 15 is 0 Å². The summed E-state index contributed by atoms with van der Waals surface area (Å²) in [5.41, 5.74) is 2.24. The van der Waals surface area contributed by atoms with Gasteiger partial charge in [0.25, 0.3) is 5.78 Å². The summed E-state index contributed by atoms with van der Waals surface area (Å²) in [7, 11) is 4.06. The molecule has 4 aromatic rings. The molecule has 1 aromatic carbocycles. The number of hydrogen-bond acceptors (Lipinski definition) is 9. The molecule has 0 saturated heterocycles. The van der Waals surface area contributed by atoms with Gasteiger partial charge in [0.15, 0.2) is 0 Å². The second-order valence-electron chi connectivity index (χ2n) is 7.37. The van der Waals surface area contributed by atoms with Crippen molar-refractivity contribution >= 4 is 41.7 Å². The van der Waals surface area contributed by atoms with Crippen LogP contribution in [0.25, 0.3) is 5.78 Å². The van der Waals surface area contributed by atoms with Gasteiger partial charge in [0.1, 0.15) is 5.03 Å². The minimum Gasteiger partial charge on any atom is -0.308 e. The van der Waals surface area contributed by atoms with E-state index in [1.165, 1.54) is 17.3 Å². The number of hydrogen-bond donors (Lipinski definition) is 0. The van der Waals surface area contributed by atoms with Crippen LogP contribution in [-0.2, 0) is 13.0 Å². The Bertz CT molecular complexity index is 1130. The maximum absolute atomic E-state index is 4.68. The number of tetrazole rings is 1. The third-order valence-electron chi connectivity index (χ3n) is 4.53. The van der Waals surface area contributed by atoms with Crippen molar-refractivity contribution in [3.05, 3.63) is 47.7 Å². The first-order valence-corrected chi connectivity index (χ1v) is 11.9. The molecule has 0 saturated carbocycles. The van der Waals surface area contributed by atoms with E-state index in [-0.39, 0.29) is 12.4 Å². The monoisotopic (exact) mass is 491 g/mol. The maximum atomic E-state index is 4.68. The summed E-state index contributed by atoms with van der Waals surface area (Å²) in [5, 5.41) is 19.2. The van der Waals surface area contributed by atoms with Gasteiger partial charge in [0.05, 0.1) is 6.54 Å². The van der Waals surface area contributed by atoms with Crippen LogP contribution in [0.3, 0.4) is 0 Å². The van der Waals surface area contributed by atoms with Gasteiger partial charge < -0.3 is 4.90 Å². The van der Waals surface area contributed by atoms with Crippen molar-refractivity contribution in [3.8, 4) is 0 Å². The molecule has 0 aliphatic heterocycles. The summed E-state index contributed by atoms with van der Waals surface area (Å²) >= 11 is 3.13. The van der Waals surface area contributed by atoms with Crippen LogP contribution in [0, 0.1) is 6.92 Å². The molecule has 3 heterocycles. The Labute approximate surface area is 201 Å². The zero-order valence-corrected chi connectivity index (χ0v) is 20.7. The highest BCUT2D eigenvalue weighted by Crippen LogP contribution is 2.27. The standard InChI is InChI=1S/C20H25N9S2.ClH/c1-15-14-17(31-20-23-25-26-28(20)12-11-27(2)3)29-18(21-15)22-19(24-29)30-13-7-10-16-8-5-4-6-9-16;/h4-6,8-9,14H,7,10-13H2,1-3H3;1H. The van der Waals surface area contributed by atoms with Crippen LogP contribution in [0.2, 0.25) is 0 Å². The highest BCUT2D eigenvalue weighted by Gasteiger charge is 2.15. The van der Waals surface area contributed by atoms with Crippen LogP contribution < -0.4 is 0 Å². The number of benzene rings is 1. The third-order valence-corrected chi connectivity index (χ3v) is 6.42. The van der Waals surface area contributed by atoms with Crippen molar-refractivity contribution < 1.29 is 0 Å². The molecule has 0 aliphatic carbocycles. The molecule has 170 valence electrons. The molecule has 0 bridgehead atoms. The number of rotatable bonds is 10. The predicted octanol–water partition coefficient (Wildman–Crippen LogP) is 3.28. The zero-order valence-electron chi connectivity index (χ0n) is 18.2. The molecule has 0 atom stereocenters. The largest absolute Gasteiger partial charge is 0.308 e. The Kier molecular flexibility index (Phi) is 8.85. The lowest BCUT2D eigenvalue weighted by atomic mass is 10.1. The highest BCUT2D eigenvalue weighted by atomic mass is 35.5. The van der Waals surface area contributed by atoms with Crippen molar-refractivity contribution in [2.45, 2.75) is 41.6 Å². The number of thioether (sulfide) groups is 1. The minimum absolute atomic E-state index is 0. The summed E-state index contributed by atoms with van der Waals surface area (Å²) in [6.45, 7) is 3.53. The van der Waals surface area contributed by atoms with Crippen LogP contribution in [0.4, 0.5) is 0 Å². The minimum atomic E-state index is 0. The molecular formula is C20H26ClN9S2. The highest BCUT2D eigenvalue weighted by molar-refractivity contribution is 7.99. The Morgan fingerprint density at radius 2 is 1.91 bits per heavy atom. The quantitative estimate of drug-likeness (QED) is 0.188. The second kappa shape index (κ2) is 11.6. The summed E-state index contributed by atoms with van der Waals surface area (Å²) in [4.78, 5) is 11.3. The molecule has 12 heteroatoms. The van der Waals surface area contributed by atoms with Gasteiger partial charge in [-0.3, -0.25) is 0 Å². The molecule has 3 aromatic heterocycles. The molecule has 0 unspecified atom stereocenters. The lowest BCUT2D eigenvalue weighted by Crippen LogP contribution is -2.19. The first-order chi connectivity index (χ1) is 15.1. The van der Waals surface area contributed by atoms with Crippen molar-refractivity contribution in [2.75, 3.05) is 26.4 Å². The van der Waals surface area contributed by atoms with Gasteiger partial charge in [-0.25, -0.2) is 9.67 Å². The van der Waals surface area contributed by atoms with E-state index in [0.29, 0.717) is 5.78 Å². The van der Waals surface area contributed by atoms with Crippen molar-refractivity contribution in [1.29, 1.82) is 0 Å². The topological polar surface area (TPSA) is 89.9 Å². The van der Waals surface area contributed by atoms with E-state index in [0.717, 1.165) is 52.7 Å². The van der Waals surface area contributed by atoms with Crippen molar-refractivity contribution in [3.63, 3.8) is 0 Å². The van der Waals surface area contributed by atoms with E-state index in [9.17, 15) is 0 Å². The van der Waals surface area contributed by atoms with Gasteiger partial charge in [0.2, 0.25) is 10.3 Å². The SMILES string of the molecule is Cc1cc(Sc2nnnn2CCN(C)C)n2nc(SCCCc3ccccc3)nc2n1.Cl. The number of aromatic nitrogens is 8. The van der Waals surface area contributed by atoms with Crippen LogP contribution in [0.1, 0.15) is 17.7 Å². The fourth-order valence-corrected chi connectivity index (χ4v) is 4.64. The molecule has 9 nitrogen and oxygen atoms in total. The van der Waals surface area contributed by atoms with Crippen molar-refractivity contribution in [1.82, 2.24) is 44.7 Å². The number of aryl methyl sites for hydroxylation is 2. The van der Waals surface area contributed by atoms with Crippen LogP contribution in [0.15, 0.2) is 51.7 Å². The van der Waals surface area contributed by atoms with E-state index in [2.05, 4.69) is 59.8 Å². The first kappa shape index (κ1) is 24.4. The molecule has 0 spiro atoms. The number of halogens is 1.